The number of thiazole rings is 1. The third-order valence-corrected chi connectivity index (χ3v) is 9.37. The van der Waals surface area contributed by atoms with Gasteiger partial charge in [0.1, 0.15) is 23.4 Å². The number of nitrogens with zero attached hydrogens (tertiary/aromatic N) is 2. The zero-order valence-corrected chi connectivity index (χ0v) is 27.8. The standard InChI is InChI=1S/C32H43FN2O6SSi/c1-7-40-32(37)29-23(2)42-28(34-29)21-35(17-11-14-24-12-9-8-10-13-24)31(36)30(41-22-39-18-19-43(4,5)6)26-16-15-25(38-3)20-27(26)33/h8-10,12-13,15-16,20,30H,7,11,14,17-19,21-22H2,1-6H3/t30-/m1/s1. The fraction of sp³-hybridized carbons (Fsp3) is 0.469. The Hall–Kier alpha value is -3.12. The van der Waals surface area contributed by atoms with E-state index in [1.807, 2.05) is 30.3 Å². The topological polar surface area (TPSA) is 87.2 Å². The lowest BCUT2D eigenvalue weighted by Gasteiger charge is -2.27. The van der Waals surface area contributed by atoms with Crippen LogP contribution < -0.4 is 4.74 Å². The van der Waals surface area contributed by atoms with Crippen LogP contribution in [0, 0.1) is 12.7 Å². The van der Waals surface area contributed by atoms with E-state index in [2.05, 4.69) is 24.6 Å². The molecule has 0 unspecified atom stereocenters. The SMILES string of the molecule is CCOC(=O)c1nc(CN(CCCc2ccccc2)C(=O)[C@H](OCOCC[Si](C)(C)C)c2ccc(OC)cc2F)sc1C. The second-order valence-corrected chi connectivity index (χ2v) is 18.3. The van der Waals surface area contributed by atoms with Crippen LogP contribution in [0.2, 0.25) is 25.7 Å². The van der Waals surface area contributed by atoms with Crippen LogP contribution in [0.1, 0.15) is 50.9 Å². The van der Waals surface area contributed by atoms with Crippen molar-refractivity contribution in [1.82, 2.24) is 9.88 Å². The van der Waals surface area contributed by atoms with Crippen molar-refractivity contribution in [1.29, 1.82) is 0 Å². The summed E-state index contributed by atoms with van der Waals surface area (Å²) < 4.78 is 37.3. The molecule has 234 valence electrons. The van der Waals surface area contributed by atoms with E-state index < -0.39 is 31.9 Å². The number of aryl methyl sites for hydroxylation is 2. The first kappa shape index (κ1) is 34.4. The number of methoxy groups -OCH3 is 1. The van der Waals surface area contributed by atoms with Crippen molar-refractivity contribution in [2.75, 3.05) is 33.7 Å². The predicted molar refractivity (Wildman–Crippen MR) is 169 cm³/mol. The average Bonchev–Trinajstić information content (AvgIpc) is 3.34. The van der Waals surface area contributed by atoms with Crippen molar-refractivity contribution in [2.24, 2.45) is 0 Å². The van der Waals surface area contributed by atoms with Gasteiger partial charge in [0.05, 0.1) is 20.3 Å². The van der Waals surface area contributed by atoms with Crippen LogP contribution in [0.25, 0.3) is 0 Å². The molecule has 0 saturated carbocycles. The minimum absolute atomic E-state index is 0.0928. The van der Waals surface area contributed by atoms with Gasteiger partial charge in [-0.05, 0) is 50.4 Å². The number of halogens is 1. The molecule has 0 spiro atoms. The van der Waals surface area contributed by atoms with E-state index in [-0.39, 0.29) is 31.2 Å². The highest BCUT2D eigenvalue weighted by Gasteiger charge is 2.31. The van der Waals surface area contributed by atoms with E-state index >= 15 is 4.39 Å². The molecule has 8 nitrogen and oxygen atoms in total. The minimum Gasteiger partial charge on any atom is -0.497 e. The van der Waals surface area contributed by atoms with E-state index in [9.17, 15) is 9.59 Å². The third kappa shape index (κ3) is 10.8. The molecule has 1 amide bonds. The zero-order valence-electron chi connectivity index (χ0n) is 26.0. The Kier molecular flexibility index (Phi) is 13.3. The number of benzene rings is 2. The third-order valence-electron chi connectivity index (χ3n) is 6.71. The average molecular weight is 631 g/mol. The smallest absolute Gasteiger partial charge is 0.358 e. The van der Waals surface area contributed by atoms with E-state index in [0.29, 0.717) is 35.2 Å². The predicted octanol–water partition coefficient (Wildman–Crippen LogP) is 6.81. The van der Waals surface area contributed by atoms with Crippen LogP contribution in [0.4, 0.5) is 4.39 Å². The van der Waals surface area contributed by atoms with Crippen molar-refractivity contribution >= 4 is 31.3 Å². The molecule has 3 rings (SSSR count). The summed E-state index contributed by atoms with van der Waals surface area (Å²) in [6, 6.07) is 15.3. The monoisotopic (exact) mass is 630 g/mol. The van der Waals surface area contributed by atoms with Crippen LogP contribution in [0.3, 0.4) is 0 Å². The molecule has 3 aromatic rings. The Bertz CT molecular complexity index is 1330. The lowest BCUT2D eigenvalue weighted by Crippen LogP contribution is -2.37. The summed E-state index contributed by atoms with van der Waals surface area (Å²) in [6.07, 6.45) is 0.160. The highest BCUT2D eigenvalue weighted by Crippen LogP contribution is 2.28. The van der Waals surface area contributed by atoms with Crippen molar-refractivity contribution in [3.05, 3.63) is 81.1 Å². The zero-order chi connectivity index (χ0) is 31.4. The summed E-state index contributed by atoms with van der Waals surface area (Å²) in [7, 11) is 0.125. The highest BCUT2D eigenvalue weighted by atomic mass is 32.1. The van der Waals surface area contributed by atoms with Gasteiger partial charge in [0.15, 0.2) is 11.8 Å². The van der Waals surface area contributed by atoms with Gasteiger partial charge in [0.25, 0.3) is 5.91 Å². The van der Waals surface area contributed by atoms with E-state index in [4.69, 9.17) is 18.9 Å². The van der Waals surface area contributed by atoms with Gasteiger partial charge in [-0.25, -0.2) is 14.2 Å². The van der Waals surface area contributed by atoms with Crippen LogP contribution >= 0.6 is 11.3 Å². The van der Waals surface area contributed by atoms with Crippen molar-refractivity contribution in [3.63, 3.8) is 0 Å². The van der Waals surface area contributed by atoms with Crippen LogP contribution in [-0.2, 0) is 32.0 Å². The Morgan fingerprint density at radius 3 is 2.51 bits per heavy atom. The molecule has 0 aliphatic heterocycles. The second-order valence-electron chi connectivity index (χ2n) is 11.4. The number of carbonyl (C=O) groups excluding carboxylic acids is 2. The molecule has 0 saturated heterocycles. The first-order valence-electron chi connectivity index (χ1n) is 14.5. The number of hydrogen-bond donors (Lipinski definition) is 0. The lowest BCUT2D eigenvalue weighted by atomic mass is 10.1. The molecule has 0 aliphatic rings. The van der Waals surface area contributed by atoms with Gasteiger partial charge in [-0.15, -0.1) is 11.3 Å². The maximum absolute atomic E-state index is 15.3. The van der Waals surface area contributed by atoms with Gasteiger partial charge in [-0.2, -0.15) is 0 Å². The Morgan fingerprint density at radius 1 is 1.12 bits per heavy atom. The second kappa shape index (κ2) is 16.7. The summed E-state index contributed by atoms with van der Waals surface area (Å²) in [5, 5.41) is 0.578. The molecule has 1 aromatic heterocycles. The number of hydrogen-bond acceptors (Lipinski definition) is 8. The summed E-state index contributed by atoms with van der Waals surface area (Å²) in [6.45, 7) is 11.4. The molecule has 0 fully saturated rings. The summed E-state index contributed by atoms with van der Waals surface area (Å²) in [5.41, 5.74) is 1.48. The maximum Gasteiger partial charge on any atom is 0.358 e. The maximum atomic E-state index is 15.3. The highest BCUT2D eigenvalue weighted by molar-refractivity contribution is 7.11. The Labute approximate surface area is 259 Å². The van der Waals surface area contributed by atoms with Gasteiger partial charge in [0, 0.05) is 37.7 Å². The van der Waals surface area contributed by atoms with Crippen LogP contribution in [-0.4, -0.2) is 63.5 Å². The molecule has 1 atom stereocenters. The van der Waals surface area contributed by atoms with Crippen LogP contribution in [0.15, 0.2) is 48.5 Å². The van der Waals surface area contributed by atoms with E-state index in [0.717, 1.165) is 18.0 Å². The number of rotatable bonds is 17. The molecule has 11 heteroatoms. The number of aromatic nitrogens is 1. The van der Waals surface area contributed by atoms with E-state index in [1.165, 1.54) is 30.6 Å². The fourth-order valence-corrected chi connectivity index (χ4v) is 6.01. The Morgan fingerprint density at radius 2 is 1.86 bits per heavy atom. The molecule has 0 N–H and O–H groups in total. The summed E-state index contributed by atoms with van der Waals surface area (Å²) in [4.78, 5) is 33.4. The van der Waals surface area contributed by atoms with Crippen molar-refractivity contribution in [3.8, 4) is 5.75 Å². The molecule has 1 heterocycles. The van der Waals surface area contributed by atoms with Gasteiger partial charge >= 0.3 is 5.97 Å². The Balaban J connectivity index is 1.88. The molecule has 43 heavy (non-hydrogen) atoms. The van der Waals surface area contributed by atoms with Crippen molar-refractivity contribution in [2.45, 2.75) is 65.0 Å². The van der Waals surface area contributed by atoms with Gasteiger partial charge in [-0.3, -0.25) is 4.79 Å². The van der Waals surface area contributed by atoms with Crippen LogP contribution in [0.5, 0.6) is 5.75 Å². The molecule has 0 radical (unpaired) electrons. The molecular formula is C32H43FN2O6SSi. The largest absolute Gasteiger partial charge is 0.497 e. The molecule has 2 aromatic carbocycles. The van der Waals surface area contributed by atoms with Gasteiger partial charge in [-0.1, -0.05) is 50.0 Å². The molecule has 0 aliphatic carbocycles. The molecular weight excluding hydrogens is 588 g/mol. The van der Waals surface area contributed by atoms with Crippen molar-refractivity contribution < 1.29 is 32.9 Å². The lowest BCUT2D eigenvalue weighted by molar-refractivity contribution is -0.156. The number of esters is 1. The van der Waals surface area contributed by atoms with Gasteiger partial charge < -0.3 is 23.8 Å². The summed E-state index contributed by atoms with van der Waals surface area (Å²) >= 11 is 1.33. The quantitative estimate of drug-likeness (QED) is 0.0701. The van der Waals surface area contributed by atoms with E-state index in [1.54, 1.807) is 24.8 Å². The number of amides is 1. The first-order chi connectivity index (χ1) is 20.5. The van der Waals surface area contributed by atoms with Gasteiger partial charge in [0.2, 0.25) is 0 Å². The fourth-order valence-electron chi connectivity index (χ4n) is 4.32. The first-order valence-corrected chi connectivity index (χ1v) is 19.0. The normalized spacial score (nSPS) is 12.2. The molecule has 0 bridgehead atoms. The summed E-state index contributed by atoms with van der Waals surface area (Å²) in [5.74, 6) is -1.19. The number of carbonyl (C=O) groups is 2. The minimum atomic E-state index is -1.33. The number of ether oxygens (including phenoxy) is 4.